The van der Waals surface area contributed by atoms with E-state index in [2.05, 4.69) is 0 Å². The van der Waals surface area contributed by atoms with Gasteiger partial charge in [0.1, 0.15) is 6.10 Å². The zero-order valence-electron chi connectivity index (χ0n) is 14.7. The molecule has 1 fully saturated rings. The Morgan fingerprint density at radius 3 is 2.44 bits per heavy atom. The molecule has 2 heterocycles. The summed E-state index contributed by atoms with van der Waals surface area (Å²) in [7, 11) is 0. The quantitative estimate of drug-likeness (QED) is 0.376. The Labute approximate surface area is 145 Å². The molecule has 1 saturated heterocycles. The molecule has 0 aromatic rings. The monoisotopic (exact) mass is 358 g/mol. The van der Waals surface area contributed by atoms with Crippen molar-refractivity contribution < 1.29 is 42.8 Å². The van der Waals surface area contributed by atoms with Gasteiger partial charge in [0.2, 0.25) is 6.79 Å². The highest BCUT2D eigenvalue weighted by molar-refractivity contribution is 5.92. The van der Waals surface area contributed by atoms with Crippen molar-refractivity contribution in [2.75, 3.05) is 13.4 Å². The molecule has 2 atom stereocenters. The summed E-state index contributed by atoms with van der Waals surface area (Å²) < 4.78 is 31.6. The second-order valence-electron chi connectivity index (χ2n) is 5.85. The van der Waals surface area contributed by atoms with E-state index in [1.165, 1.54) is 0 Å². The predicted molar refractivity (Wildman–Crippen MR) is 80.5 cm³/mol. The third kappa shape index (κ3) is 4.70. The average Bonchev–Trinajstić information content (AvgIpc) is 3.07. The van der Waals surface area contributed by atoms with Gasteiger partial charge in [0, 0.05) is 12.8 Å². The first-order chi connectivity index (χ1) is 11.8. The lowest BCUT2D eigenvalue weighted by Gasteiger charge is -2.21. The van der Waals surface area contributed by atoms with Crippen molar-refractivity contribution in [3.05, 3.63) is 11.5 Å². The van der Waals surface area contributed by atoms with Crippen molar-refractivity contribution in [2.24, 2.45) is 0 Å². The summed E-state index contributed by atoms with van der Waals surface area (Å²) in [5.41, 5.74) is 0. The summed E-state index contributed by atoms with van der Waals surface area (Å²) in [5.74, 6) is -3.21. The molecule has 0 spiro atoms. The van der Waals surface area contributed by atoms with Gasteiger partial charge in [-0.15, -0.1) is 0 Å². The van der Waals surface area contributed by atoms with E-state index in [1.807, 2.05) is 0 Å². The molecule has 0 bridgehead atoms. The number of carbonyl (C=O) groups is 3. The molecule has 2 aliphatic rings. The maximum absolute atomic E-state index is 12.1. The third-order valence-electron chi connectivity index (χ3n) is 3.50. The number of carbonyl (C=O) groups excluding carboxylic acids is 3. The Hall–Kier alpha value is -2.13. The molecule has 2 aliphatic heterocycles. The summed E-state index contributed by atoms with van der Waals surface area (Å²) in [6.07, 6.45) is -1.37. The van der Waals surface area contributed by atoms with Crippen LogP contribution < -0.4 is 0 Å². The highest BCUT2D eigenvalue weighted by Crippen LogP contribution is 2.34. The lowest BCUT2D eigenvalue weighted by molar-refractivity contribution is -0.167. The second-order valence-corrected chi connectivity index (χ2v) is 5.85. The molecular formula is C16H22O9. The topological polar surface area (TPSA) is 107 Å². The van der Waals surface area contributed by atoms with Gasteiger partial charge in [0.15, 0.2) is 17.7 Å². The maximum atomic E-state index is 12.1. The lowest BCUT2D eigenvalue weighted by atomic mass is 10.2. The lowest BCUT2D eigenvalue weighted by Crippen LogP contribution is -2.33. The van der Waals surface area contributed by atoms with Crippen molar-refractivity contribution in [1.29, 1.82) is 0 Å². The van der Waals surface area contributed by atoms with E-state index in [0.717, 1.165) is 0 Å². The van der Waals surface area contributed by atoms with Crippen LogP contribution in [-0.4, -0.2) is 49.3 Å². The van der Waals surface area contributed by atoms with Gasteiger partial charge < -0.3 is 28.4 Å². The highest BCUT2D eigenvalue weighted by atomic mass is 16.8. The van der Waals surface area contributed by atoms with Crippen LogP contribution in [0.1, 0.15) is 40.5 Å². The molecular weight excluding hydrogens is 336 g/mol. The van der Waals surface area contributed by atoms with Crippen molar-refractivity contribution >= 4 is 17.9 Å². The van der Waals surface area contributed by atoms with Crippen molar-refractivity contribution in [3.63, 3.8) is 0 Å². The second kappa shape index (κ2) is 7.83. The molecule has 0 amide bonds. The van der Waals surface area contributed by atoms with Crippen LogP contribution in [0.3, 0.4) is 0 Å². The van der Waals surface area contributed by atoms with Crippen LogP contribution >= 0.6 is 0 Å². The Bertz CT molecular complexity index is 578. The van der Waals surface area contributed by atoms with Crippen molar-refractivity contribution in [2.45, 2.75) is 58.5 Å². The summed E-state index contributed by atoms with van der Waals surface area (Å²) in [5, 5.41) is 0. The minimum atomic E-state index is -0.964. The molecule has 140 valence electrons. The van der Waals surface area contributed by atoms with Crippen LogP contribution in [0.5, 0.6) is 0 Å². The molecule has 0 radical (unpaired) electrons. The Morgan fingerprint density at radius 1 is 1.20 bits per heavy atom. The summed E-state index contributed by atoms with van der Waals surface area (Å²) in [6, 6.07) is 0. The summed E-state index contributed by atoms with van der Waals surface area (Å²) in [6.45, 7) is 6.36. The SMILES string of the molecule is CCC(=O)OCOC1=C(OC(=O)CC)C(=O)O[C@@H]1[C@@H]1COC(C)(C)O1. The molecule has 0 aromatic heterocycles. The largest absolute Gasteiger partial charge is 0.453 e. The average molecular weight is 358 g/mol. The summed E-state index contributed by atoms with van der Waals surface area (Å²) >= 11 is 0. The standard InChI is InChI=1S/C16H22O9/c1-5-10(17)20-8-21-13-12(9-7-22-16(3,4)25-9)24-15(19)14(13)23-11(18)6-2/h9,12H,5-8H2,1-4H3/t9-,12+/m0/s1. The number of hydrogen-bond acceptors (Lipinski definition) is 9. The molecule has 0 N–H and O–H groups in total. The zero-order chi connectivity index (χ0) is 18.6. The van der Waals surface area contributed by atoms with Crippen LogP contribution in [-0.2, 0) is 42.8 Å². The number of rotatable bonds is 7. The first kappa shape index (κ1) is 19.2. The highest BCUT2D eigenvalue weighted by Gasteiger charge is 2.48. The van der Waals surface area contributed by atoms with E-state index >= 15 is 0 Å². The molecule has 0 unspecified atom stereocenters. The van der Waals surface area contributed by atoms with Crippen molar-refractivity contribution in [3.8, 4) is 0 Å². The summed E-state index contributed by atoms with van der Waals surface area (Å²) in [4.78, 5) is 34.9. The molecule has 0 saturated carbocycles. The third-order valence-corrected chi connectivity index (χ3v) is 3.50. The van der Waals surface area contributed by atoms with Gasteiger partial charge in [0.25, 0.3) is 5.76 Å². The van der Waals surface area contributed by atoms with Crippen LogP contribution in [0.15, 0.2) is 11.5 Å². The van der Waals surface area contributed by atoms with Gasteiger partial charge in [0.05, 0.1) is 6.61 Å². The van der Waals surface area contributed by atoms with Crippen molar-refractivity contribution in [1.82, 2.24) is 0 Å². The number of ether oxygens (including phenoxy) is 6. The van der Waals surface area contributed by atoms with Gasteiger partial charge in [-0.2, -0.15) is 0 Å². The fourth-order valence-corrected chi connectivity index (χ4v) is 2.25. The first-order valence-corrected chi connectivity index (χ1v) is 8.03. The smallest absolute Gasteiger partial charge is 0.378 e. The van der Waals surface area contributed by atoms with E-state index < -0.39 is 42.7 Å². The fraction of sp³-hybridized carbons (Fsp3) is 0.688. The van der Waals surface area contributed by atoms with E-state index in [1.54, 1.807) is 27.7 Å². The predicted octanol–water partition coefficient (Wildman–Crippen LogP) is 1.16. The molecule has 0 aromatic carbocycles. The van der Waals surface area contributed by atoms with E-state index in [-0.39, 0.29) is 31.0 Å². The molecule has 0 aliphatic carbocycles. The number of esters is 3. The van der Waals surface area contributed by atoms with Crippen LogP contribution in [0, 0.1) is 0 Å². The minimum absolute atomic E-state index is 0.0537. The zero-order valence-corrected chi connectivity index (χ0v) is 14.7. The van der Waals surface area contributed by atoms with Gasteiger partial charge in [-0.25, -0.2) is 4.79 Å². The Balaban J connectivity index is 2.18. The first-order valence-electron chi connectivity index (χ1n) is 8.03. The van der Waals surface area contributed by atoms with E-state index in [4.69, 9.17) is 28.4 Å². The van der Waals surface area contributed by atoms with Crippen LogP contribution in [0.25, 0.3) is 0 Å². The molecule has 9 nitrogen and oxygen atoms in total. The maximum Gasteiger partial charge on any atom is 0.378 e. The minimum Gasteiger partial charge on any atom is -0.453 e. The van der Waals surface area contributed by atoms with Gasteiger partial charge in [-0.1, -0.05) is 13.8 Å². The van der Waals surface area contributed by atoms with Gasteiger partial charge >= 0.3 is 17.9 Å². The number of cyclic esters (lactones) is 1. The molecule has 25 heavy (non-hydrogen) atoms. The molecule has 9 heteroatoms. The van der Waals surface area contributed by atoms with Gasteiger partial charge in [-0.05, 0) is 13.8 Å². The fourth-order valence-electron chi connectivity index (χ4n) is 2.25. The van der Waals surface area contributed by atoms with Crippen LogP contribution in [0.4, 0.5) is 0 Å². The van der Waals surface area contributed by atoms with Gasteiger partial charge in [-0.3, -0.25) is 9.59 Å². The molecule has 2 rings (SSSR count). The Morgan fingerprint density at radius 2 is 1.88 bits per heavy atom. The van der Waals surface area contributed by atoms with E-state index in [0.29, 0.717) is 0 Å². The van der Waals surface area contributed by atoms with E-state index in [9.17, 15) is 14.4 Å². The normalized spacial score (nSPS) is 24.9. The van der Waals surface area contributed by atoms with Crippen LogP contribution in [0.2, 0.25) is 0 Å². The Kier molecular flexibility index (Phi) is 6.02. The number of hydrogen-bond donors (Lipinski definition) is 0.